The number of aromatic nitrogens is 2. The lowest BCUT2D eigenvalue weighted by Gasteiger charge is -2.41. The Hall–Kier alpha value is -2.78. The number of rotatable bonds is 7. The Kier molecular flexibility index (Phi) is 6.52. The quantitative estimate of drug-likeness (QED) is 0.608. The number of anilines is 1. The van der Waals surface area contributed by atoms with Gasteiger partial charge in [0.25, 0.3) is 0 Å². The summed E-state index contributed by atoms with van der Waals surface area (Å²) in [5, 5.41) is 20.8. The third-order valence-electron chi connectivity index (χ3n) is 5.65. The highest BCUT2D eigenvalue weighted by Crippen LogP contribution is 2.31. The van der Waals surface area contributed by atoms with Crippen LogP contribution in [0.25, 0.3) is 10.9 Å². The molecule has 9 nitrogen and oxygen atoms in total. The Morgan fingerprint density at radius 3 is 2.73 bits per heavy atom. The minimum atomic E-state index is -1.01. The molecule has 4 N–H and O–H groups in total. The van der Waals surface area contributed by atoms with Crippen molar-refractivity contribution < 1.29 is 19.8 Å². The molecule has 1 atom stereocenters. The maximum Gasteiger partial charge on any atom is 0.303 e. The van der Waals surface area contributed by atoms with Gasteiger partial charge in [-0.15, -0.1) is 0 Å². The van der Waals surface area contributed by atoms with Gasteiger partial charge in [0.15, 0.2) is 0 Å². The minimum absolute atomic E-state index is 0.0766. The van der Waals surface area contributed by atoms with Gasteiger partial charge in [0.05, 0.1) is 17.2 Å². The Morgan fingerprint density at radius 1 is 1.37 bits per heavy atom. The maximum absolute atomic E-state index is 12.4. The number of piperidine rings is 1. The number of likely N-dealkylation sites (N-methyl/N-ethyl adjacent to an activating group) is 1. The highest BCUT2D eigenvalue weighted by atomic mass is 16.4. The number of aliphatic hydroxyl groups is 1. The van der Waals surface area contributed by atoms with E-state index < -0.39 is 17.6 Å². The smallest absolute Gasteiger partial charge is 0.303 e. The van der Waals surface area contributed by atoms with Gasteiger partial charge in [0.2, 0.25) is 5.91 Å². The van der Waals surface area contributed by atoms with Gasteiger partial charge in [-0.1, -0.05) is 0 Å². The van der Waals surface area contributed by atoms with Gasteiger partial charge in [-0.2, -0.15) is 0 Å². The van der Waals surface area contributed by atoms with Crippen LogP contribution in [-0.2, 0) is 9.59 Å². The lowest BCUT2D eigenvalue weighted by Crippen LogP contribution is -2.53. The second-order valence-corrected chi connectivity index (χ2v) is 8.12. The number of carboxylic acids is 1. The Bertz CT molecular complexity index is 927. The first kappa shape index (κ1) is 21.9. The molecule has 1 saturated heterocycles. The Labute approximate surface area is 175 Å². The Balaban J connectivity index is 1.63. The lowest BCUT2D eigenvalue weighted by atomic mass is 9.90. The summed E-state index contributed by atoms with van der Waals surface area (Å²) in [4.78, 5) is 35.5. The van der Waals surface area contributed by atoms with Crippen LogP contribution in [0.2, 0.25) is 0 Å². The molecule has 162 valence electrons. The zero-order valence-corrected chi connectivity index (χ0v) is 17.4. The van der Waals surface area contributed by atoms with Crippen LogP contribution in [0, 0.1) is 6.92 Å². The zero-order valence-electron chi connectivity index (χ0n) is 17.4. The fourth-order valence-electron chi connectivity index (χ4n) is 3.97. The molecule has 3 rings (SSSR count). The van der Waals surface area contributed by atoms with Gasteiger partial charge >= 0.3 is 5.97 Å². The van der Waals surface area contributed by atoms with Crippen LogP contribution in [0.3, 0.4) is 0 Å². The topological polar surface area (TPSA) is 133 Å². The summed E-state index contributed by atoms with van der Waals surface area (Å²) >= 11 is 0. The van der Waals surface area contributed by atoms with Crippen LogP contribution in [-0.4, -0.2) is 75.3 Å². The molecule has 30 heavy (non-hydrogen) atoms. The van der Waals surface area contributed by atoms with Crippen molar-refractivity contribution in [2.75, 3.05) is 31.6 Å². The number of fused-ring (bicyclic) bond motifs is 1. The lowest BCUT2D eigenvalue weighted by molar-refractivity contribution is -0.138. The summed E-state index contributed by atoms with van der Waals surface area (Å²) in [6, 6.07) is 3.04. The number of amides is 1. The molecule has 0 bridgehead atoms. The van der Waals surface area contributed by atoms with E-state index in [-0.39, 0.29) is 25.3 Å². The highest BCUT2D eigenvalue weighted by molar-refractivity contribution is 5.91. The molecular formula is C21H29N5O4. The zero-order chi connectivity index (χ0) is 21.9. The van der Waals surface area contributed by atoms with E-state index in [9.17, 15) is 14.7 Å². The van der Waals surface area contributed by atoms with Crippen LogP contribution in [0.5, 0.6) is 0 Å². The van der Waals surface area contributed by atoms with E-state index in [4.69, 9.17) is 10.8 Å². The summed E-state index contributed by atoms with van der Waals surface area (Å²) < 4.78 is 0. The van der Waals surface area contributed by atoms with Gasteiger partial charge in [0, 0.05) is 62.3 Å². The van der Waals surface area contributed by atoms with E-state index in [0.29, 0.717) is 25.9 Å². The second kappa shape index (κ2) is 8.93. The molecule has 2 aromatic heterocycles. The number of carbonyl (C=O) groups excluding carboxylic acids is 1. The van der Waals surface area contributed by atoms with Crippen LogP contribution < -0.4 is 10.6 Å². The second-order valence-electron chi connectivity index (χ2n) is 8.12. The third kappa shape index (κ3) is 5.03. The molecule has 1 aliphatic rings. The fraction of sp³-hybridized carbons (Fsp3) is 0.524. The van der Waals surface area contributed by atoms with E-state index in [0.717, 1.165) is 22.3 Å². The normalized spacial score (nSPS) is 17.0. The first-order chi connectivity index (χ1) is 14.2. The van der Waals surface area contributed by atoms with Crippen molar-refractivity contribution in [3.8, 4) is 0 Å². The number of hydrogen-bond donors (Lipinski definition) is 3. The SMILES string of the molecule is Cc1cc(N2CCC(O)(CN(C)C(=O)[C@@H](N)CCC(=O)O)CC2)c2cnccc2n1. The predicted octanol–water partition coefficient (Wildman–Crippen LogP) is 0.920. The molecule has 0 saturated carbocycles. The van der Waals surface area contributed by atoms with E-state index in [1.165, 1.54) is 4.90 Å². The van der Waals surface area contributed by atoms with Crippen molar-refractivity contribution in [2.24, 2.45) is 5.73 Å². The van der Waals surface area contributed by atoms with Gasteiger partial charge in [-0.25, -0.2) is 0 Å². The Morgan fingerprint density at radius 2 is 2.07 bits per heavy atom. The third-order valence-corrected chi connectivity index (χ3v) is 5.65. The molecule has 0 spiro atoms. The van der Waals surface area contributed by atoms with Gasteiger partial charge in [0.1, 0.15) is 0 Å². The van der Waals surface area contributed by atoms with Crippen molar-refractivity contribution >= 4 is 28.5 Å². The van der Waals surface area contributed by atoms with Crippen LogP contribution in [0.15, 0.2) is 24.5 Å². The highest BCUT2D eigenvalue weighted by Gasteiger charge is 2.35. The molecule has 0 aliphatic carbocycles. The number of aryl methyl sites for hydroxylation is 1. The average molecular weight is 415 g/mol. The van der Waals surface area contributed by atoms with Crippen molar-refractivity contribution in [1.29, 1.82) is 0 Å². The molecular weight excluding hydrogens is 386 g/mol. The monoisotopic (exact) mass is 415 g/mol. The van der Waals surface area contributed by atoms with E-state index in [1.807, 2.05) is 25.3 Å². The summed E-state index contributed by atoms with van der Waals surface area (Å²) in [7, 11) is 1.60. The van der Waals surface area contributed by atoms with E-state index in [1.54, 1.807) is 13.2 Å². The van der Waals surface area contributed by atoms with Crippen molar-refractivity contribution in [2.45, 2.75) is 44.2 Å². The molecule has 1 amide bonds. The summed E-state index contributed by atoms with van der Waals surface area (Å²) in [5.41, 5.74) is 7.67. The molecule has 3 heterocycles. The van der Waals surface area contributed by atoms with E-state index in [2.05, 4.69) is 14.9 Å². The first-order valence-corrected chi connectivity index (χ1v) is 10.1. The minimum Gasteiger partial charge on any atom is -0.481 e. The number of carboxylic acid groups (broad SMARTS) is 1. The number of pyridine rings is 2. The molecule has 2 aromatic rings. The molecule has 1 aliphatic heterocycles. The maximum atomic E-state index is 12.4. The number of nitrogens with two attached hydrogens (primary N) is 1. The largest absolute Gasteiger partial charge is 0.481 e. The summed E-state index contributed by atoms with van der Waals surface area (Å²) in [6.45, 7) is 3.39. The van der Waals surface area contributed by atoms with Crippen molar-refractivity contribution in [3.63, 3.8) is 0 Å². The molecule has 0 aromatic carbocycles. The van der Waals surface area contributed by atoms with Crippen LogP contribution in [0.4, 0.5) is 5.69 Å². The van der Waals surface area contributed by atoms with E-state index >= 15 is 0 Å². The number of aliphatic carboxylic acids is 1. The number of carbonyl (C=O) groups is 2. The van der Waals surface area contributed by atoms with Gasteiger partial charge in [-0.3, -0.25) is 19.6 Å². The molecule has 1 fully saturated rings. The fourth-order valence-corrected chi connectivity index (χ4v) is 3.97. The predicted molar refractivity (Wildman–Crippen MR) is 113 cm³/mol. The first-order valence-electron chi connectivity index (χ1n) is 10.1. The van der Waals surface area contributed by atoms with Gasteiger partial charge < -0.3 is 25.7 Å². The molecule has 9 heteroatoms. The summed E-state index contributed by atoms with van der Waals surface area (Å²) in [6.07, 6.45) is 4.45. The molecule has 0 radical (unpaired) electrons. The number of hydrogen-bond acceptors (Lipinski definition) is 7. The van der Waals surface area contributed by atoms with Crippen molar-refractivity contribution in [3.05, 3.63) is 30.2 Å². The number of nitrogens with zero attached hydrogens (tertiary/aromatic N) is 4. The van der Waals surface area contributed by atoms with Gasteiger partial charge in [-0.05, 0) is 38.3 Å². The van der Waals surface area contributed by atoms with Crippen LogP contribution >= 0.6 is 0 Å². The van der Waals surface area contributed by atoms with Crippen molar-refractivity contribution in [1.82, 2.24) is 14.9 Å². The average Bonchev–Trinajstić information content (AvgIpc) is 2.71. The molecule has 0 unspecified atom stereocenters. The standard InChI is InChI=1S/C21H29N5O4/c1-14-11-18(15-12-23-8-5-17(15)24-14)26-9-6-21(30,7-10-26)13-25(2)20(29)16(22)3-4-19(27)28/h5,8,11-12,16,30H,3-4,6-7,9-10,13,22H2,1-2H3,(H,27,28)/t16-/m0/s1. The summed E-state index contributed by atoms with van der Waals surface area (Å²) in [5.74, 6) is -1.34. The van der Waals surface area contributed by atoms with Crippen LogP contribution in [0.1, 0.15) is 31.4 Å².